The SMILES string of the molecule is CC1=NN(c2ccc(CC(=O)O)cc2)C(=O)[C@@H]1c1ccccc1. The lowest BCUT2D eigenvalue weighted by molar-refractivity contribution is -0.136. The monoisotopic (exact) mass is 308 g/mol. The van der Waals surface area contributed by atoms with Crippen LogP contribution in [0.3, 0.4) is 0 Å². The van der Waals surface area contributed by atoms with Crippen LogP contribution < -0.4 is 5.01 Å². The standard InChI is InChI=1S/C18H16N2O3/c1-12-17(14-5-3-2-4-6-14)18(23)20(19-12)15-9-7-13(8-10-15)11-16(21)22/h2-10,17H,11H2,1H3,(H,21,22)/t17-/m0/s1. The highest BCUT2D eigenvalue weighted by atomic mass is 16.4. The maximum atomic E-state index is 12.7. The molecule has 0 fully saturated rings. The zero-order valence-electron chi connectivity index (χ0n) is 12.6. The van der Waals surface area contributed by atoms with Gasteiger partial charge in [-0.15, -0.1) is 0 Å². The number of hydrogen-bond acceptors (Lipinski definition) is 3. The van der Waals surface area contributed by atoms with E-state index in [1.54, 1.807) is 24.3 Å². The van der Waals surface area contributed by atoms with Gasteiger partial charge >= 0.3 is 5.97 Å². The molecule has 1 aliphatic rings. The Morgan fingerprint density at radius 2 is 1.78 bits per heavy atom. The van der Waals surface area contributed by atoms with Crippen LogP contribution in [0.2, 0.25) is 0 Å². The number of anilines is 1. The Morgan fingerprint density at radius 1 is 1.13 bits per heavy atom. The fourth-order valence-electron chi connectivity index (χ4n) is 2.71. The molecular weight excluding hydrogens is 292 g/mol. The van der Waals surface area contributed by atoms with Gasteiger partial charge < -0.3 is 5.11 Å². The van der Waals surface area contributed by atoms with Crippen molar-refractivity contribution >= 4 is 23.3 Å². The predicted octanol–water partition coefficient (Wildman–Crippen LogP) is 2.82. The van der Waals surface area contributed by atoms with Gasteiger partial charge in [0, 0.05) is 0 Å². The fourth-order valence-corrected chi connectivity index (χ4v) is 2.71. The normalized spacial score (nSPS) is 17.3. The molecule has 3 rings (SSSR count). The van der Waals surface area contributed by atoms with Gasteiger partial charge in [0.15, 0.2) is 0 Å². The molecule has 23 heavy (non-hydrogen) atoms. The summed E-state index contributed by atoms with van der Waals surface area (Å²) in [5.41, 5.74) is 3.00. The van der Waals surface area contributed by atoms with Crippen LogP contribution in [0.25, 0.3) is 0 Å². The van der Waals surface area contributed by atoms with Gasteiger partial charge in [-0.3, -0.25) is 9.59 Å². The second-order valence-corrected chi connectivity index (χ2v) is 5.47. The number of aliphatic carboxylic acids is 1. The van der Waals surface area contributed by atoms with E-state index >= 15 is 0 Å². The smallest absolute Gasteiger partial charge is 0.307 e. The number of hydrazone groups is 1. The van der Waals surface area contributed by atoms with E-state index in [2.05, 4.69) is 5.10 Å². The van der Waals surface area contributed by atoms with Crippen molar-refractivity contribution < 1.29 is 14.7 Å². The predicted molar refractivity (Wildman–Crippen MR) is 87.6 cm³/mol. The van der Waals surface area contributed by atoms with Crippen molar-refractivity contribution in [3.05, 3.63) is 65.7 Å². The summed E-state index contributed by atoms with van der Waals surface area (Å²) < 4.78 is 0. The van der Waals surface area contributed by atoms with E-state index in [1.165, 1.54) is 5.01 Å². The van der Waals surface area contributed by atoms with E-state index in [0.29, 0.717) is 11.3 Å². The van der Waals surface area contributed by atoms with Crippen LogP contribution in [0.4, 0.5) is 5.69 Å². The lowest BCUT2D eigenvalue weighted by Gasteiger charge is -2.15. The molecule has 0 unspecified atom stereocenters. The molecule has 2 aromatic carbocycles. The zero-order valence-corrected chi connectivity index (χ0v) is 12.6. The van der Waals surface area contributed by atoms with Gasteiger partial charge in [0.05, 0.1) is 17.8 Å². The van der Waals surface area contributed by atoms with E-state index in [9.17, 15) is 9.59 Å². The summed E-state index contributed by atoms with van der Waals surface area (Å²) in [7, 11) is 0. The number of hydrogen-bond donors (Lipinski definition) is 1. The van der Waals surface area contributed by atoms with Crippen LogP contribution in [0.1, 0.15) is 24.0 Å². The van der Waals surface area contributed by atoms with Crippen molar-refractivity contribution in [2.24, 2.45) is 5.10 Å². The second kappa shape index (κ2) is 6.04. The maximum Gasteiger partial charge on any atom is 0.307 e. The second-order valence-electron chi connectivity index (χ2n) is 5.47. The molecule has 1 amide bonds. The summed E-state index contributed by atoms with van der Waals surface area (Å²) in [6.07, 6.45) is -0.0385. The van der Waals surface area contributed by atoms with Crippen molar-refractivity contribution in [1.82, 2.24) is 0 Å². The molecule has 1 N–H and O–H groups in total. The summed E-state index contributed by atoms with van der Waals surface area (Å²) in [6, 6.07) is 16.4. The number of carbonyl (C=O) groups excluding carboxylic acids is 1. The Labute approximate surface area is 133 Å². The molecule has 1 aliphatic heterocycles. The Balaban J connectivity index is 1.85. The highest BCUT2D eigenvalue weighted by molar-refractivity contribution is 6.18. The van der Waals surface area contributed by atoms with Gasteiger partial charge in [0.25, 0.3) is 5.91 Å². The third-order valence-electron chi connectivity index (χ3n) is 3.80. The van der Waals surface area contributed by atoms with Gasteiger partial charge in [-0.2, -0.15) is 10.1 Å². The molecule has 0 aliphatic carbocycles. The van der Waals surface area contributed by atoms with Crippen molar-refractivity contribution in [3.8, 4) is 0 Å². The minimum absolute atomic E-state index is 0.0385. The maximum absolute atomic E-state index is 12.7. The van der Waals surface area contributed by atoms with E-state index in [4.69, 9.17) is 5.11 Å². The molecule has 0 bridgehead atoms. The summed E-state index contributed by atoms with van der Waals surface area (Å²) in [5, 5.41) is 14.6. The quantitative estimate of drug-likeness (QED) is 0.944. The van der Waals surface area contributed by atoms with Crippen molar-refractivity contribution in [3.63, 3.8) is 0 Å². The van der Waals surface area contributed by atoms with Gasteiger partial charge in [-0.05, 0) is 30.2 Å². The Kier molecular flexibility index (Phi) is 3.93. The molecule has 0 radical (unpaired) electrons. The largest absolute Gasteiger partial charge is 0.481 e. The molecule has 1 atom stereocenters. The number of amides is 1. The Morgan fingerprint density at radius 3 is 2.39 bits per heavy atom. The number of carboxylic acids is 1. The van der Waals surface area contributed by atoms with Gasteiger partial charge in [-0.25, -0.2) is 0 Å². The number of benzene rings is 2. The highest BCUT2D eigenvalue weighted by Crippen LogP contribution is 2.30. The minimum atomic E-state index is -0.881. The first-order valence-electron chi connectivity index (χ1n) is 7.31. The van der Waals surface area contributed by atoms with Gasteiger partial charge in [0.2, 0.25) is 0 Å². The summed E-state index contributed by atoms with van der Waals surface area (Å²) in [4.78, 5) is 23.4. The molecule has 5 nitrogen and oxygen atoms in total. The average molecular weight is 308 g/mol. The van der Waals surface area contributed by atoms with Gasteiger partial charge in [0.1, 0.15) is 5.92 Å². The average Bonchev–Trinajstić information content (AvgIpc) is 2.83. The van der Waals surface area contributed by atoms with Crippen LogP contribution in [0, 0.1) is 0 Å². The first-order valence-corrected chi connectivity index (χ1v) is 7.31. The van der Waals surface area contributed by atoms with Crippen LogP contribution in [0.5, 0.6) is 0 Å². The molecule has 0 saturated heterocycles. The molecule has 116 valence electrons. The van der Waals surface area contributed by atoms with E-state index < -0.39 is 5.97 Å². The topological polar surface area (TPSA) is 70.0 Å². The van der Waals surface area contributed by atoms with E-state index in [-0.39, 0.29) is 18.2 Å². The fraction of sp³-hybridized carbons (Fsp3) is 0.167. The first kappa shape index (κ1) is 15.0. The van der Waals surface area contributed by atoms with Crippen molar-refractivity contribution in [1.29, 1.82) is 0 Å². The summed E-state index contributed by atoms with van der Waals surface area (Å²) in [6.45, 7) is 1.84. The Bertz CT molecular complexity index is 767. The Hall–Kier alpha value is -2.95. The van der Waals surface area contributed by atoms with E-state index in [1.807, 2.05) is 37.3 Å². The first-order chi connectivity index (χ1) is 11.1. The molecule has 0 aromatic heterocycles. The highest BCUT2D eigenvalue weighted by Gasteiger charge is 2.35. The number of rotatable bonds is 4. The number of nitrogens with zero attached hydrogens (tertiary/aromatic N) is 2. The molecule has 5 heteroatoms. The lowest BCUT2D eigenvalue weighted by Crippen LogP contribution is -2.25. The molecule has 2 aromatic rings. The third kappa shape index (κ3) is 2.99. The van der Waals surface area contributed by atoms with Crippen molar-refractivity contribution in [2.75, 3.05) is 5.01 Å². The molecule has 0 spiro atoms. The number of carboxylic acid groups (broad SMARTS) is 1. The molecule has 1 heterocycles. The van der Waals surface area contributed by atoms with Crippen LogP contribution in [-0.2, 0) is 16.0 Å². The summed E-state index contributed by atoms with van der Waals surface area (Å²) in [5.74, 6) is -1.34. The van der Waals surface area contributed by atoms with E-state index in [0.717, 1.165) is 11.3 Å². The van der Waals surface area contributed by atoms with Crippen molar-refractivity contribution in [2.45, 2.75) is 19.3 Å². The minimum Gasteiger partial charge on any atom is -0.481 e. The van der Waals surface area contributed by atoms with Crippen LogP contribution in [-0.4, -0.2) is 22.7 Å². The molecular formula is C18H16N2O3. The third-order valence-corrected chi connectivity index (χ3v) is 3.80. The molecule has 0 saturated carbocycles. The lowest BCUT2D eigenvalue weighted by atomic mass is 9.95. The van der Waals surface area contributed by atoms with Gasteiger partial charge in [-0.1, -0.05) is 42.5 Å². The van der Waals surface area contributed by atoms with Crippen LogP contribution in [0.15, 0.2) is 59.7 Å². The number of carbonyl (C=O) groups is 2. The zero-order chi connectivity index (χ0) is 16.4. The summed E-state index contributed by atoms with van der Waals surface area (Å²) >= 11 is 0. The van der Waals surface area contributed by atoms with Crippen LogP contribution >= 0.6 is 0 Å².